The SMILES string of the molecule is COCc1nnc(NS(=O)(=O)[C@@H](C)[C@H](C)c2cnc(C)cn2)n1-c1c(OC)cccc1OC. The molecule has 33 heavy (non-hydrogen) atoms. The molecule has 2 aromatic heterocycles. The average molecular weight is 477 g/mol. The van der Waals surface area contributed by atoms with Crippen molar-refractivity contribution in [3.63, 3.8) is 0 Å². The zero-order chi connectivity index (χ0) is 24.2. The van der Waals surface area contributed by atoms with Crippen LogP contribution in [-0.4, -0.2) is 59.7 Å². The number of methoxy groups -OCH3 is 3. The first-order valence-electron chi connectivity index (χ1n) is 10.2. The van der Waals surface area contributed by atoms with Crippen LogP contribution >= 0.6 is 0 Å². The van der Waals surface area contributed by atoms with Crippen molar-refractivity contribution in [1.29, 1.82) is 0 Å². The minimum Gasteiger partial charge on any atom is -0.494 e. The van der Waals surface area contributed by atoms with E-state index in [1.807, 2.05) is 6.92 Å². The van der Waals surface area contributed by atoms with Gasteiger partial charge in [-0.15, -0.1) is 10.2 Å². The number of anilines is 1. The molecule has 0 saturated heterocycles. The van der Waals surface area contributed by atoms with Gasteiger partial charge in [-0.1, -0.05) is 13.0 Å². The molecule has 0 fully saturated rings. The second-order valence-electron chi connectivity index (χ2n) is 7.44. The molecule has 3 rings (SSSR count). The first kappa shape index (κ1) is 24.4. The van der Waals surface area contributed by atoms with E-state index in [0.29, 0.717) is 28.7 Å². The zero-order valence-corrected chi connectivity index (χ0v) is 20.3. The van der Waals surface area contributed by atoms with Crippen LogP contribution < -0.4 is 14.2 Å². The van der Waals surface area contributed by atoms with Gasteiger partial charge < -0.3 is 14.2 Å². The van der Waals surface area contributed by atoms with Crippen LogP contribution in [0, 0.1) is 6.92 Å². The Morgan fingerprint density at radius 2 is 1.70 bits per heavy atom. The number of hydrogen-bond donors (Lipinski definition) is 1. The largest absolute Gasteiger partial charge is 0.494 e. The first-order chi connectivity index (χ1) is 15.7. The number of rotatable bonds is 10. The number of ether oxygens (including phenoxy) is 3. The molecule has 0 aliphatic carbocycles. The topological polar surface area (TPSA) is 130 Å². The molecule has 0 aliphatic heterocycles. The van der Waals surface area contributed by atoms with Crippen LogP contribution in [0.2, 0.25) is 0 Å². The number of sulfonamides is 1. The van der Waals surface area contributed by atoms with Gasteiger partial charge in [0.2, 0.25) is 16.0 Å². The molecule has 0 radical (unpaired) electrons. The van der Waals surface area contributed by atoms with E-state index in [1.165, 1.54) is 25.9 Å². The zero-order valence-electron chi connectivity index (χ0n) is 19.4. The number of benzene rings is 1. The van der Waals surface area contributed by atoms with Crippen molar-refractivity contribution >= 4 is 16.0 Å². The summed E-state index contributed by atoms with van der Waals surface area (Å²) in [6.07, 6.45) is 3.20. The van der Waals surface area contributed by atoms with Gasteiger partial charge in [-0.05, 0) is 26.0 Å². The molecule has 2 heterocycles. The Morgan fingerprint density at radius 1 is 1.03 bits per heavy atom. The number of aryl methyl sites for hydroxylation is 1. The number of nitrogens with zero attached hydrogens (tertiary/aromatic N) is 5. The lowest BCUT2D eigenvalue weighted by molar-refractivity contribution is 0.176. The molecule has 178 valence electrons. The third-order valence-corrected chi connectivity index (χ3v) is 7.18. The summed E-state index contributed by atoms with van der Waals surface area (Å²) in [5.41, 5.74) is 1.78. The smallest absolute Gasteiger partial charge is 0.243 e. The fourth-order valence-corrected chi connectivity index (χ4v) is 4.51. The van der Waals surface area contributed by atoms with Gasteiger partial charge in [0.05, 0.1) is 30.9 Å². The summed E-state index contributed by atoms with van der Waals surface area (Å²) in [5, 5.41) is 7.35. The molecule has 0 aliphatic rings. The van der Waals surface area contributed by atoms with Crippen LogP contribution in [0.15, 0.2) is 30.6 Å². The van der Waals surface area contributed by atoms with Gasteiger partial charge in [-0.25, -0.2) is 8.42 Å². The van der Waals surface area contributed by atoms with Crippen molar-refractivity contribution in [2.45, 2.75) is 38.5 Å². The van der Waals surface area contributed by atoms with Gasteiger partial charge in [0.1, 0.15) is 23.8 Å². The van der Waals surface area contributed by atoms with Gasteiger partial charge in [-0.3, -0.25) is 19.3 Å². The molecular formula is C21H28N6O5S. The van der Waals surface area contributed by atoms with Crippen LogP contribution in [0.5, 0.6) is 11.5 Å². The average Bonchev–Trinajstić information content (AvgIpc) is 3.18. The lowest BCUT2D eigenvalue weighted by Gasteiger charge is -2.21. The van der Waals surface area contributed by atoms with E-state index in [2.05, 4.69) is 24.9 Å². The molecule has 2 atom stereocenters. The van der Waals surface area contributed by atoms with E-state index in [-0.39, 0.29) is 12.6 Å². The summed E-state index contributed by atoms with van der Waals surface area (Å²) in [6.45, 7) is 5.29. The predicted molar refractivity (Wildman–Crippen MR) is 122 cm³/mol. The van der Waals surface area contributed by atoms with Crippen molar-refractivity contribution in [1.82, 2.24) is 24.7 Å². The van der Waals surface area contributed by atoms with Crippen molar-refractivity contribution in [3.8, 4) is 17.2 Å². The molecular weight excluding hydrogens is 448 g/mol. The number of para-hydroxylation sites is 1. The third kappa shape index (κ3) is 5.06. The van der Waals surface area contributed by atoms with E-state index in [1.54, 1.807) is 44.4 Å². The minimum atomic E-state index is -3.91. The molecule has 3 aromatic rings. The molecule has 1 aromatic carbocycles. The van der Waals surface area contributed by atoms with Crippen LogP contribution in [0.4, 0.5) is 5.95 Å². The highest BCUT2D eigenvalue weighted by molar-refractivity contribution is 7.93. The van der Waals surface area contributed by atoms with Crippen molar-refractivity contribution in [2.24, 2.45) is 0 Å². The summed E-state index contributed by atoms with van der Waals surface area (Å²) in [7, 11) is 0.620. The predicted octanol–water partition coefficient (Wildman–Crippen LogP) is 2.46. The maximum Gasteiger partial charge on any atom is 0.243 e. The highest BCUT2D eigenvalue weighted by Gasteiger charge is 2.31. The summed E-state index contributed by atoms with van der Waals surface area (Å²) < 4.78 is 46.9. The second-order valence-corrected chi connectivity index (χ2v) is 9.48. The van der Waals surface area contributed by atoms with E-state index in [4.69, 9.17) is 14.2 Å². The number of nitrogens with one attached hydrogen (secondary N) is 1. The Labute approximate surface area is 193 Å². The van der Waals surface area contributed by atoms with Crippen molar-refractivity contribution in [3.05, 3.63) is 47.8 Å². The molecule has 0 saturated carbocycles. The van der Waals surface area contributed by atoms with Gasteiger partial charge in [0.25, 0.3) is 0 Å². The summed E-state index contributed by atoms with van der Waals surface area (Å²) >= 11 is 0. The fourth-order valence-electron chi connectivity index (χ4n) is 3.26. The molecule has 1 N–H and O–H groups in total. The van der Waals surface area contributed by atoms with Crippen molar-refractivity contribution < 1.29 is 22.6 Å². The van der Waals surface area contributed by atoms with Gasteiger partial charge in [0.15, 0.2) is 5.82 Å². The number of hydrogen-bond acceptors (Lipinski definition) is 9. The fraction of sp³-hybridized carbons (Fsp3) is 0.429. The highest BCUT2D eigenvalue weighted by Crippen LogP contribution is 2.36. The lowest BCUT2D eigenvalue weighted by atomic mass is 10.1. The molecule has 0 spiro atoms. The van der Waals surface area contributed by atoms with Crippen LogP contribution in [0.1, 0.15) is 37.0 Å². The van der Waals surface area contributed by atoms with E-state index in [0.717, 1.165) is 5.69 Å². The van der Waals surface area contributed by atoms with Gasteiger partial charge >= 0.3 is 0 Å². The summed E-state index contributed by atoms with van der Waals surface area (Å²) in [5.74, 6) is 0.819. The molecule has 0 amide bonds. The van der Waals surface area contributed by atoms with Gasteiger partial charge in [0, 0.05) is 25.4 Å². The maximum atomic E-state index is 13.3. The monoisotopic (exact) mass is 476 g/mol. The highest BCUT2D eigenvalue weighted by atomic mass is 32.2. The maximum absolute atomic E-state index is 13.3. The van der Waals surface area contributed by atoms with Crippen LogP contribution in [0.25, 0.3) is 5.69 Å². The Balaban J connectivity index is 2.04. The van der Waals surface area contributed by atoms with E-state index >= 15 is 0 Å². The molecule has 0 unspecified atom stereocenters. The Kier molecular flexibility index (Phi) is 7.49. The lowest BCUT2D eigenvalue weighted by Crippen LogP contribution is -2.31. The molecule has 12 heteroatoms. The standard InChI is InChI=1S/C21H28N6O5S/c1-13-10-23-16(11-22-13)14(2)15(3)33(28,29)26-21-25-24-19(12-30-4)27(21)20-17(31-5)8-7-9-18(20)32-6/h7-11,14-15H,12H2,1-6H3,(H,25,26)/t14-,15-/m0/s1. The van der Waals surface area contributed by atoms with E-state index in [9.17, 15) is 8.42 Å². The Bertz CT molecular complexity index is 1170. The summed E-state index contributed by atoms with van der Waals surface area (Å²) in [6, 6.07) is 5.22. The first-order valence-corrected chi connectivity index (χ1v) is 11.7. The molecule has 11 nitrogen and oxygen atoms in total. The molecule has 0 bridgehead atoms. The van der Waals surface area contributed by atoms with Crippen LogP contribution in [0.3, 0.4) is 0 Å². The second kappa shape index (κ2) is 10.1. The Morgan fingerprint density at radius 3 is 2.24 bits per heavy atom. The van der Waals surface area contributed by atoms with Crippen molar-refractivity contribution in [2.75, 3.05) is 26.1 Å². The van der Waals surface area contributed by atoms with Crippen LogP contribution in [-0.2, 0) is 21.4 Å². The minimum absolute atomic E-state index is 0.0149. The Hall–Kier alpha value is -3.25. The summed E-state index contributed by atoms with van der Waals surface area (Å²) in [4.78, 5) is 8.54. The quantitative estimate of drug-likeness (QED) is 0.469. The van der Waals surface area contributed by atoms with E-state index < -0.39 is 21.2 Å². The third-order valence-electron chi connectivity index (χ3n) is 5.32. The number of aromatic nitrogens is 5. The normalized spacial score (nSPS) is 13.4. The van der Waals surface area contributed by atoms with Gasteiger partial charge in [-0.2, -0.15) is 0 Å².